The third-order valence-corrected chi connectivity index (χ3v) is 5.27. The van der Waals surface area contributed by atoms with Crippen LogP contribution >= 0.6 is 0 Å². The molecule has 0 saturated heterocycles. The lowest BCUT2D eigenvalue weighted by Gasteiger charge is -2.38. The summed E-state index contributed by atoms with van der Waals surface area (Å²) in [7, 11) is 0. The number of anilines is 2. The lowest BCUT2D eigenvalue weighted by Crippen LogP contribution is -2.36. The molecule has 0 fully saturated rings. The van der Waals surface area contributed by atoms with Crippen molar-refractivity contribution in [1.82, 2.24) is 9.97 Å². The van der Waals surface area contributed by atoms with Gasteiger partial charge < -0.3 is 4.90 Å². The van der Waals surface area contributed by atoms with Gasteiger partial charge in [-0.15, -0.1) is 0 Å². The van der Waals surface area contributed by atoms with E-state index in [0.29, 0.717) is 17.9 Å². The Kier molecular flexibility index (Phi) is 2.95. The maximum Gasteiger partial charge on any atom is 0.115 e. The minimum Gasteiger partial charge on any atom is -0.335 e. The molecule has 3 unspecified atom stereocenters. The Morgan fingerprint density at radius 2 is 2.00 bits per heavy atom. The molecule has 1 aromatic heterocycles. The highest BCUT2D eigenvalue weighted by Crippen LogP contribution is 2.45. The smallest absolute Gasteiger partial charge is 0.115 e. The molecular weight excluding hydrogens is 258 g/mol. The highest BCUT2D eigenvalue weighted by atomic mass is 15.2. The lowest BCUT2D eigenvalue weighted by atomic mass is 9.86. The minimum atomic E-state index is 0.487. The Bertz CT molecular complexity index is 667. The van der Waals surface area contributed by atoms with Gasteiger partial charge in [-0.05, 0) is 36.8 Å². The third kappa shape index (κ3) is 1.95. The molecule has 0 radical (unpaired) electrons. The number of aryl methyl sites for hydroxylation is 1. The van der Waals surface area contributed by atoms with Crippen LogP contribution in [0.5, 0.6) is 0 Å². The van der Waals surface area contributed by atoms with Crippen LogP contribution in [0.4, 0.5) is 11.4 Å². The van der Waals surface area contributed by atoms with E-state index in [0.717, 1.165) is 0 Å². The van der Waals surface area contributed by atoms with Gasteiger partial charge in [-0.1, -0.05) is 32.0 Å². The first-order chi connectivity index (χ1) is 10.3. The summed E-state index contributed by atoms with van der Waals surface area (Å²) < 4.78 is 0. The van der Waals surface area contributed by atoms with Gasteiger partial charge >= 0.3 is 0 Å². The lowest BCUT2D eigenvalue weighted by molar-refractivity contribution is 0.401. The molecule has 3 nitrogen and oxygen atoms in total. The van der Waals surface area contributed by atoms with Gasteiger partial charge in [0.25, 0.3) is 0 Å². The Morgan fingerprint density at radius 1 is 1.14 bits per heavy atom. The highest BCUT2D eigenvalue weighted by molar-refractivity contribution is 5.70. The van der Waals surface area contributed by atoms with Crippen molar-refractivity contribution in [3.63, 3.8) is 0 Å². The molecule has 1 aromatic carbocycles. The zero-order valence-electron chi connectivity index (χ0n) is 12.7. The number of nitrogens with zero attached hydrogens (tertiary/aromatic N) is 3. The molecule has 3 heteroatoms. The fraction of sp³-hybridized carbons (Fsp3) is 0.444. The molecule has 2 aliphatic rings. The minimum absolute atomic E-state index is 0.487. The Labute approximate surface area is 126 Å². The summed E-state index contributed by atoms with van der Waals surface area (Å²) in [6.07, 6.45) is 7.33. The molecule has 3 heterocycles. The van der Waals surface area contributed by atoms with Crippen molar-refractivity contribution in [1.29, 1.82) is 0 Å². The molecule has 4 rings (SSSR count). The van der Waals surface area contributed by atoms with Crippen molar-refractivity contribution < 1.29 is 0 Å². The predicted molar refractivity (Wildman–Crippen MR) is 84.9 cm³/mol. The van der Waals surface area contributed by atoms with Crippen molar-refractivity contribution in [2.45, 2.75) is 45.1 Å². The Balaban J connectivity index is 1.93. The molecule has 0 N–H and O–H groups in total. The standard InChI is InChI=1S/C18H21N3/c1-12-9-15-8-7-14-5-3-4-6-16(14)21(15)17-10-19-11-20-18(17)13(12)2/h3-6,10-13,15H,7-9H2,1-2H3. The van der Waals surface area contributed by atoms with Gasteiger partial charge in [0.1, 0.15) is 6.33 Å². The number of rotatable bonds is 0. The predicted octanol–water partition coefficient (Wildman–Crippen LogP) is 4.07. The van der Waals surface area contributed by atoms with Crippen LogP contribution in [0.3, 0.4) is 0 Å². The average Bonchev–Trinajstić information content (AvgIpc) is 2.64. The van der Waals surface area contributed by atoms with E-state index in [1.807, 2.05) is 6.20 Å². The SMILES string of the molecule is CC1CC2CCc3ccccc3N2c2cncnc2C1C. The second kappa shape index (κ2) is 4.83. The van der Waals surface area contributed by atoms with E-state index in [2.05, 4.69) is 53.0 Å². The van der Waals surface area contributed by atoms with E-state index in [9.17, 15) is 0 Å². The van der Waals surface area contributed by atoms with Crippen molar-refractivity contribution in [3.05, 3.63) is 48.0 Å². The summed E-state index contributed by atoms with van der Waals surface area (Å²) in [6.45, 7) is 4.67. The number of aromatic nitrogens is 2. The van der Waals surface area contributed by atoms with Gasteiger partial charge in [0, 0.05) is 17.6 Å². The van der Waals surface area contributed by atoms with Crippen molar-refractivity contribution >= 4 is 11.4 Å². The second-order valence-corrected chi connectivity index (χ2v) is 6.49. The summed E-state index contributed by atoms with van der Waals surface area (Å²) in [4.78, 5) is 11.4. The number of fused-ring (bicyclic) bond motifs is 5. The number of benzene rings is 1. The van der Waals surface area contributed by atoms with Crippen LogP contribution in [0.1, 0.15) is 43.9 Å². The molecular formula is C18H21N3. The van der Waals surface area contributed by atoms with Gasteiger partial charge in [-0.25, -0.2) is 9.97 Å². The first-order valence-corrected chi connectivity index (χ1v) is 7.92. The van der Waals surface area contributed by atoms with Gasteiger partial charge in [-0.2, -0.15) is 0 Å². The molecule has 0 aliphatic carbocycles. The first kappa shape index (κ1) is 12.8. The summed E-state index contributed by atoms with van der Waals surface area (Å²) in [6, 6.07) is 9.36. The van der Waals surface area contributed by atoms with Gasteiger partial charge in [0.05, 0.1) is 17.6 Å². The summed E-state index contributed by atoms with van der Waals surface area (Å²) in [5.74, 6) is 1.14. The number of para-hydroxylation sites is 1. The second-order valence-electron chi connectivity index (χ2n) is 6.49. The molecule has 0 saturated carbocycles. The number of hydrogen-bond donors (Lipinski definition) is 0. The zero-order valence-corrected chi connectivity index (χ0v) is 12.7. The fourth-order valence-electron chi connectivity index (χ4n) is 3.93. The summed E-state index contributed by atoms with van der Waals surface area (Å²) in [5.41, 5.74) is 5.22. The average molecular weight is 279 g/mol. The van der Waals surface area contributed by atoms with Crippen LogP contribution in [0.15, 0.2) is 36.8 Å². The summed E-state index contributed by atoms with van der Waals surface area (Å²) in [5, 5.41) is 0. The van der Waals surface area contributed by atoms with E-state index in [4.69, 9.17) is 0 Å². The van der Waals surface area contributed by atoms with Crippen molar-refractivity contribution in [2.75, 3.05) is 4.90 Å². The van der Waals surface area contributed by atoms with Crippen molar-refractivity contribution in [2.24, 2.45) is 5.92 Å². The topological polar surface area (TPSA) is 29.0 Å². The van der Waals surface area contributed by atoms with E-state index in [1.54, 1.807) is 6.33 Å². The molecule has 0 spiro atoms. The van der Waals surface area contributed by atoms with Crippen LogP contribution in [0.25, 0.3) is 0 Å². The van der Waals surface area contributed by atoms with Gasteiger partial charge in [0.2, 0.25) is 0 Å². The fourth-order valence-corrected chi connectivity index (χ4v) is 3.93. The monoisotopic (exact) mass is 279 g/mol. The highest BCUT2D eigenvalue weighted by Gasteiger charge is 2.36. The quantitative estimate of drug-likeness (QED) is 0.728. The normalized spacial score (nSPS) is 27.3. The maximum absolute atomic E-state index is 4.62. The first-order valence-electron chi connectivity index (χ1n) is 7.92. The molecule has 2 aromatic rings. The Hall–Kier alpha value is -1.90. The number of hydrogen-bond acceptors (Lipinski definition) is 3. The molecule has 108 valence electrons. The molecule has 3 atom stereocenters. The molecule has 0 amide bonds. The molecule has 2 aliphatic heterocycles. The van der Waals surface area contributed by atoms with E-state index < -0.39 is 0 Å². The van der Waals surface area contributed by atoms with Gasteiger partial charge in [-0.3, -0.25) is 0 Å². The Morgan fingerprint density at radius 3 is 2.90 bits per heavy atom. The van der Waals surface area contributed by atoms with Crippen LogP contribution in [0, 0.1) is 5.92 Å². The van der Waals surface area contributed by atoms with Crippen LogP contribution < -0.4 is 4.90 Å². The van der Waals surface area contributed by atoms with E-state index in [1.165, 1.54) is 41.9 Å². The van der Waals surface area contributed by atoms with E-state index >= 15 is 0 Å². The van der Waals surface area contributed by atoms with Crippen molar-refractivity contribution in [3.8, 4) is 0 Å². The van der Waals surface area contributed by atoms with Crippen LogP contribution in [0.2, 0.25) is 0 Å². The zero-order chi connectivity index (χ0) is 14.4. The van der Waals surface area contributed by atoms with Gasteiger partial charge in [0.15, 0.2) is 0 Å². The largest absolute Gasteiger partial charge is 0.335 e. The maximum atomic E-state index is 4.62. The summed E-state index contributed by atoms with van der Waals surface area (Å²) >= 11 is 0. The van der Waals surface area contributed by atoms with Crippen LogP contribution in [-0.4, -0.2) is 16.0 Å². The van der Waals surface area contributed by atoms with E-state index in [-0.39, 0.29) is 0 Å². The van der Waals surface area contributed by atoms with Crippen LogP contribution in [-0.2, 0) is 6.42 Å². The molecule has 0 bridgehead atoms. The molecule has 21 heavy (non-hydrogen) atoms. The third-order valence-electron chi connectivity index (χ3n) is 5.27.